The van der Waals surface area contributed by atoms with Crippen molar-refractivity contribution in [2.75, 3.05) is 5.32 Å². The smallest absolute Gasteiger partial charge is 0.229 e. The molecule has 0 aliphatic heterocycles. The van der Waals surface area contributed by atoms with Gasteiger partial charge in [-0.3, -0.25) is 4.79 Å². The maximum Gasteiger partial charge on any atom is 0.229 e. The molecule has 2 atom stereocenters. The van der Waals surface area contributed by atoms with Crippen LogP contribution in [0.15, 0.2) is 36.5 Å². The standard InChI is InChI=1S/C16H18ClN3O/c1-10(2)20-15(7-8-18-20)19-16(21)13-9-12(13)11-5-3-4-6-14(11)17/h3-8,10,12-13H,9H2,1-2H3,(H,19,21). The van der Waals surface area contributed by atoms with E-state index in [9.17, 15) is 4.79 Å². The van der Waals surface area contributed by atoms with E-state index in [2.05, 4.69) is 10.4 Å². The Balaban J connectivity index is 1.68. The molecule has 1 aromatic heterocycles. The van der Waals surface area contributed by atoms with Crippen molar-refractivity contribution in [3.05, 3.63) is 47.1 Å². The second-order valence-electron chi connectivity index (χ2n) is 5.71. The first-order chi connectivity index (χ1) is 10.1. The van der Waals surface area contributed by atoms with Gasteiger partial charge in [0, 0.05) is 23.0 Å². The lowest BCUT2D eigenvalue weighted by atomic mass is 10.1. The van der Waals surface area contributed by atoms with Crippen molar-refractivity contribution in [1.29, 1.82) is 0 Å². The minimum Gasteiger partial charge on any atom is -0.311 e. The molecule has 4 nitrogen and oxygen atoms in total. The first-order valence-electron chi connectivity index (χ1n) is 7.16. The molecule has 3 rings (SSSR count). The number of halogens is 1. The van der Waals surface area contributed by atoms with Crippen molar-refractivity contribution < 1.29 is 4.79 Å². The fourth-order valence-electron chi connectivity index (χ4n) is 2.65. The molecule has 2 unspecified atom stereocenters. The van der Waals surface area contributed by atoms with Gasteiger partial charge < -0.3 is 5.32 Å². The Morgan fingerprint density at radius 3 is 2.86 bits per heavy atom. The predicted octanol–water partition coefficient (Wildman–Crippen LogP) is 3.86. The molecule has 0 bridgehead atoms. The maximum atomic E-state index is 12.3. The number of aromatic nitrogens is 2. The van der Waals surface area contributed by atoms with Gasteiger partial charge in [0.2, 0.25) is 5.91 Å². The van der Waals surface area contributed by atoms with Crippen LogP contribution in [0.4, 0.5) is 5.82 Å². The molecule has 1 saturated carbocycles. The predicted molar refractivity (Wildman–Crippen MR) is 83.5 cm³/mol. The van der Waals surface area contributed by atoms with Crippen LogP contribution in [0, 0.1) is 5.92 Å². The van der Waals surface area contributed by atoms with E-state index in [-0.39, 0.29) is 23.8 Å². The molecule has 0 saturated heterocycles. The second-order valence-corrected chi connectivity index (χ2v) is 6.12. The summed E-state index contributed by atoms with van der Waals surface area (Å²) in [5, 5.41) is 7.93. The SMILES string of the molecule is CC(C)n1nccc1NC(=O)C1CC1c1ccccc1Cl. The number of hydrogen-bond acceptors (Lipinski definition) is 2. The minimum atomic E-state index is 0.000382. The van der Waals surface area contributed by atoms with E-state index in [1.165, 1.54) is 0 Å². The summed E-state index contributed by atoms with van der Waals surface area (Å²) >= 11 is 6.19. The van der Waals surface area contributed by atoms with E-state index in [0.29, 0.717) is 0 Å². The average Bonchev–Trinajstić information content (AvgIpc) is 3.11. The molecular weight excluding hydrogens is 286 g/mol. The van der Waals surface area contributed by atoms with E-state index >= 15 is 0 Å². The fourth-order valence-corrected chi connectivity index (χ4v) is 2.92. The van der Waals surface area contributed by atoms with Gasteiger partial charge in [0.25, 0.3) is 0 Å². The van der Waals surface area contributed by atoms with Crippen molar-refractivity contribution in [2.24, 2.45) is 5.92 Å². The fraction of sp³-hybridized carbons (Fsp3) is 0.375. The zero-order valence-corrected chi connectivity index (χ0v) is 12.8. The molecule has 0 radical (unpaired) electrons. The van der Waals surface area contributed by atoms with Crippen LogP contribution in [0.25, 0.3) is 0 Å². The Bertz CT molecular complexity index is 665. The highest BCUT2D eigenvalue weighted by Crippen LogP contribution is 2.50. The first-order valence-corrected chi connectivity index (χ1v) is 7.54. The topological polar surface area (TPSA) is 46.9 Å². The number of carbonyl (C=O) groups is 1. The Labute approximate surface area is 129 Å². The summed E-state index contributed by atoms with van der Waals surface area (Å²) in [4.78, 5) is 12.3. The monoisotopic (exact) mass is 303 g/mol. The molecule has 1 heterocycles. The van der Waals surface area contributed by atoms with Crippen LogP contribution in [0.2, 0.25) is 5.02 Å². The molecule has 1 N–H and O–H groups in total. The van der Waals surface area contributed by atoms with Crippen molar-refractivity contribution in [1.82, 2.24) is 9.78 Å². The zero-order chi connectivity index (χ0) is 15.0. The number of anilines is 1. The van der Waals surface area contributed by atoms with E-state index in [1.807, 2.05) is 48.9 Å². The zero-order valence-electron chi connectivity index (χ0n) is 12.1. The van der Waals surface area contributed by atoms with Gasteiger partial charge in [-0.15, -0.1) is 0 Å². The van der Waals surface area contributed by atoms with Gasteiger partial charge in [-0.25, -0.2) is 4.68 Å². The van der Waals surface area contributed by atoms with Gasteiger partial charge in [-0.05, 0) is 37.8 Å². The highest BCUT2D eigenvalue weighted by Gasteiger charge is 2.45. The highest BCUT2D eigenvalue weighted by molar-refractivity contribution is 6.31. The Morgan fingerprint density at radius 1 is 1.38 bits per heavy atom. The summed E-state index contributed by atoms with van der Waals surface area (Å²) in [7, 11) is 0. The van der Waals surface area contributed by atoms with E-state index < -0.39 is 0 Å². The Hall–Kier alpha value is -1.81. The number of nitrogens with zero attached hydrogens (tertiary/aromatic N) is 2. The highest BCUT2D eigenvalue weighted by atomic mass is 35.5. The molecule has 1 amide bonds. The summed E-state index contributed by atoms with van der Waals surface area (Å²) in [6.45, 7) is 4.07. The van der Waals surface area contributed by atoms with Gasteiger partial charge in [0.1, 0.15) is 5.82 Å². The van der Waals surface area contributed by atoms with Gasteiger partial charge in [-0.2, -0.15) is 5.10 Å². The van der Waals surface area contributed by atoms with Gasteiger partial charge in [-0.1, -0.05) is 29.8 Å². The number of amides is 1. The lowest BCUT2D eigenvalue weighted by Gasteiger charge is -2.11. The quantitative estimate of drug-likeness (QED) is 0.932. The molecule has 0 spiro atoms. The van der Waals surface area contributed by atoms with Gasteiger partial charge in [0.15, 0.2) is 0 Å². The number of benzene rings is 1. The average molecular weight is 304 g/mol. The van der Waals surface area contributed by atoms with E-state index in [4.69, 9.17) is 11.6 Å². The maximum absolute atomic E-state index is 12.3. The normalized spacial score (nSPS) is 20.6. The molecule has 1 aromatic carbocycles. The summed E-state index contributed by atoms with van der Waals surface area (Å²) in [6, 6.07) is 9.78. The molecule has 2 aromatic rings. The minimum absolute atomic E-state index is 0.000382. The molecular formula is C16H18ClN3O. The van der Waals surface area contributed by atoms with Crippen molar-refractivity contribution in [3.8, 4) is 0 Å². The summed E-state index contributed by atoms with van der Waals surface area (Å²) in [5.41, 5.74) is 1.07. The van der Waals surface area contributed by atoms with Crippen molar-refractivity contribution in [2.45, 2.75) is 32.2 Å². The molecule has 1 aliphatic rings. The third kappa shape index (κ3) is 2.81. The van der Waals surface area contributed by atoms with Crippen LogP contribution in [-0.2, 0) is 4.79 Å². The van der Waals surface area contributed by atoms with Crippen molar-refractivity contribution in [3.63, 3.8) is 0 Å². The number of carbonyl (C=O) groups excluding carboxylic acids is 1. The molecule has 110 valence electrons. The van der Waals surface area contributed by atoms with Crippen LogP contribution >= 0.6 is 11.6 Å². The third-order valence-electron chi connectivity index (χ3n) is 3.84. The van der Waals surface area contributed by atoms with Crippen LogP contribution in [0.5, 0.6) is 0 Å². The van der Waals surface area contributed by atoms with E-state index in [1.54, 1.807) is 6.20 Å². The first kappa shape index (κ1) is 14.1. The second kappa shape index (κ2) is 5.53. The summed E-state index contributed by atoms with van der Waals surface area (Å²) in [5.74, 6) is 1.02. The lowest BCUT2D eigenvalue weighted by Crippen LogP contribution is -2.18. The number of rotatable bonds is 4. The molecule has 1 aliphatic carbocycles. The van der Waals surface area contributed by atoms with Gasteiger partial charge >= 0.3 is 0 Å². The Kier molecular flexibility index (Phi) is 3.72. The van der Waals surface area contributed by atoms with Crippen LogP contribution in [0.1, 0.15) is 37.8 Å². The van der Waals surface area contributed by atoms with E-state index in [0.717, 1.165) is 22.8 Å². The summed E-state index contributed by atoms with van der Waals surface area (Å²) in [6.07, 6.45) is 2.56. The van der Waals surface area contributed by atoms with Gasteiger partial charge in [0.05, 0.1) is 6.20 Å². The largest absolute Gasteiger partial charge is 0.311 e. The number of nitrogens with one attached hydrogen (secondary N) is 1. The number of hydrogen-bond donors (Lipinski definition) is 1. The van der Waals surface area contributed by atoms with Crippen LogP contribution in [-0.4, -0.2) is 15.7 Å². The molecule has 21 heavy (non-hydrogen) atoms. The van der Waals surface area contributed by atoms with Crippen molar-refractivity contribution >= 4 is 23.3 Å². The van der Waals surface area contributed by atoms with Crippen LogP contribution in [0.3, 0.4) is 0 Å². The molecule has 5 heteroatoms. The lowest BCUT2D eigenvalue weighted by molar-refractivity contribution is -0.117. The van der Waals surface area contributed by atoms with Crippen LogP contribution < -0.4 is 5.32 Å². The third-order valence-corrected chi connectivity index (χ3v) is 4.19. The Morgan fingerprint density at radius 2 is 2.14 bits per heavy atom. The summed E-state index contributed by atoms with van der Waals surface area (Å²) < 4.78 is 1.81. The molecule has 1 fully saturated rings.